The van der Waals surface area contributed by atoms with E-state index >= 15 is 0 Å². The number of para-hydroxylation sites is 1. The first-order chi connectivity index (χ1) is 15.7. The summed E-state index contributed by atoms with van der Waals surface area (Å²) in [6.45, 7) is 0. The molecule has 4 aromatic carbocycles. The second-order valence-corrected chi connectivity index (χ2v) is 7.54. The zero-order valence-electron chi connectivity index (χ0n) is 18.2. The predicted molar refractivity (Wildman–Crippen MR) is 130 cm³/mol. The maximum atomic E-state index is 4.53. The zero-order valence-corrected chi connectivity index (χ0v) is 20.6. The summed E-state index contributed by atoms with van der Waals surface area (Å²) in [4.78, 5) is 11.1. The fourth-order valence-corrected chi connectivity index (χ4v) is 3.73. The molecule has 5 nitrogen and oxygen atoms in total. The van der Waals surface area contributed by atoms with E-state index in [2.05, 4.69) is 56.4 Å². The Morgan fingerprint density at radius 2 is 1.55 bits per heavy atom. The molecule has 0 fully saturated rings. The van der Waals surface area contributed by atoms with Gasteiger partial charge < -0.3 is 9.88 Å². The molecular weight excluding hydrogens is 587 g/mol. The molecule has 0 bridgehead atoms. The van der Waals surface area contributed by atoms with E-state index in [-0.39, 0.29) is 20.1 Å². The van der Waals surface area contributed by atoms with E-state index in [4.69, 9.17) is 0 Å². The Labute approximate surface area is 206 Å². The van der Waals surface area contributed by atoms with Crippen molar-refractivity contribution in [3.8, 4) is 5.69 Å². The fraction of sp³-hybridized carbons (Fsp3) is 0.0741. The van der Waals surface area contributed by atoms with Gasteiger partial charge in [0.1, 0.15) is 0 Å². The van der Waals surface area contributed by atoms with Gasteiger partial charge in [-0.1, -0.05) is 35.0 Å². The molecular formula is C27H21IrN5-2. The molecule has 2 aromatic heterocycles. The Balaban J connectivity index is 0.000000183. The Morgan fingerprint density at radius 3 is 2.24 bits per heavy atom. The average molecular weight is 608 g/mol. The van der Waals surface area contributed by atoms with Crippen molar-refractivity contribution in [3.63, 3.8) is 0 Å². The molecule has 0 spiro atoms. The largest absolute Gasteiger partial charge is 0.416 e. The van der Waals surface area contributed by atoms with Crippen LogP contribution in [-0.2, 0) is 20.1 Å². The van der Waals surface area contributed by atoms with Gasteiger partial charge in [0, 0.05) is 50.4 Å². The first kappa shape index (κ1) is 22.6. The maximum absolute atomic E-state index is 4.53. The summed E-state index contributed by atoms with van der Waals surface area (Å²) in [7, 11) is 4.08. The van der Waals surface area contributed by atoms with Crippen molar-refractivity contribution in [1.29, 1.82) is 0 Å². The van der Waals surface area contributed by atoms with Crippen molar-refractivity contribution in [3.05, 3.63) is 104 Å². The van der Waals surface area contributed by atoms with Crippen LogP contribution >= 0.6 is 0 Å². The third kappa shape index (κ3) is 4.49. The Hall–Kier alpha value is -3.60. The predicted octanol–water partition coefficient (Wildman–Crippen LogP) is 5.47. The molecule has 0 N–H and O–H groups in total. The number of anilines is 1. The van der Waals surface area contributed by atoms with E-state index in [9.17, 15) is 0 Å². The molecule has 0 saturated heterocycles. The molecule has 165 valence electrons. The smallest absolute Gasteiger partial charge is 0.0545 e. The molecule has 0 aliphatic heterocycles. The monoisotopic (exact) mass is 608 g/mol. The van der Waals surface area contributed by atoms with Crippen LogP contribution in [0.2, 0.25) is 0 Å². The topological polar surface area (TPSA) is 46.8 Å². The SMILES string of the molecule is CN(C)c1c[c-]c2c(c1)c1ccccc1c1nccnc21.[Ir].[c-]1ccccc1-n1cccn1. The third-order valence-electron chi connectivity index (χ3n) is 5.29. The van der Waals surface area contributed by atoms with Crippen molar-refractivity contribution in [2.75, 3.05) is 19.0 Å². The van der Waals surface area contributed by atoms with E-state index in [1.807, 2.05) is 62.8 Å². The molecule has 6 aromatic rings. The van der Waals surface area contributed by atoms with Crippen molar-refractivity contribution in [2.24, 2.45) is 0 Å². The van der Waals surface area contributed by atoms with Gasteiger partial charge in [-0.2, -0.15) is 29.4 Å². The molecule has 6 rings (SSSR count). The molecule has 0 aliphatic carbocycles. The van der Waals surface area contributed by atoms with Gasteiger partial charge >= 0.3 is 0 Å². The van der Waals surface area contributed by atoms with Crippen LogP contribution in [0.1, 0.15) is 0 Å². The minimum absolute atomic E-state index is 0. The summed E-state index contributed by atoms with van der Waals surface area (Å²) < 4.78 is 1.78. The molecule has 2 heterocycles. The van der Waals surface area contributed by atoms with Gasteiger partial charge in [0.05, 0.1) is 5.52 Å². The van der Waals surface area contributed by atoms with Crippen LogP contribution in [-0.4, -0.2) is 33.8 Å². The Morgan fingerprint density at radius 1 is 0.788 bits per heavy atom. The second-order valence-electron chi connectivity index (χ2n) is 7.54. The summed E-state index contributed by atoms with van der Waals surface area (Å²) in [5.74, 6) is 0. The minimum Gasteiger partial charge on any atom is -0.416 e. The molecule has 0 amide bonds. The fourth-order valence-electron chi connectivity index (χ4n) is 3.73. The number of aromatic nitrogens is 4. The van der Waals surface area contributed by atoms with E-state index in [1.165, 1.54) is 10.8 Å². The Bertz CT molecular complexity index is 1460. The van der Waals surface area contributed by atoms with E-state index in [0.29, 0.717) is 0 Å². The quantitative estimate of drug-likeness (QED) is 0.194. The summed E-state index contributed by atoms with van der Waals surface area (Å²) in [6, 6.07) is 28.6. The summed E-state index contributed by atoms with van der Waals surface area (Å²) in [5, 5.41) is 8.60. The summed E-state index contributed by atoms with van der Waals surface area (Å²) in [5.41, 5.74) is 3.96. The molecule has 0 atom stereocenters. The summed E-state index contributed by atoms with van der Waals surface area (Å²) in [6.07, 6.45) is 7.13. The van der Waals surface area contributed by atoms with Crippen LogP contribution < -0.4 is 4.90 Å². The van der Waals surface area contributed by atoms with Gasteiger partial charge in [-0.15, -0.1) is 29.7 Å². The van der Waals surface area contributed by atoms with Crippen LogP contribution in [0.15, 0.2) is 91.5 Å². The van der Waals surface area contributed by atoms with Gasteiger partial charge in [0.2, 0.25) is 0 Å². The number of benzene rings is 4. The number of hydrogen-bond acceptors (Lipinski definition) is 4. The zero-order chi connectivity index (χ0) is 21.9. The van der Waals surface area contributed by atoms with Crippen LogP contribution in [0.5, 0.6) is 0 Å². The van der Waals surface area contributed by atoms with E-state index < -0.39 is 0 Å². The van der Waals surface area contributed by atoms with E-state index in [0.717, 1.165) is 33.2 Å². The van der Waals surface area contributed by atoms with Crippen LogP contribution in [0.25, 0.3) is 38.3 Å². The molecule has 33 heavy (non-hydrogen) atoms. The normalized spacial score (nSPS) is 10.5. The van der Waals surface area contributed by atoms with Crippen molar-refractivity contribution in [1.82, 2.24) is 19.7 Å². The van der Waals surface area contributed by atoms with Gasteiger partial charge in [0.15, 0.2) is 0 Å². The first-order valence-corrected chi connectivity index (χ1v) is 10.3. The maximum Gasteiger partial charge on any atom is 0.0545 e. The van der Waals surface area contributed by atoms with Crippen LogP contribution in [0, 0.1) is 12.1 Å². The third-order valence-corrected chi connectivity index (χ3v) is 5.29. The standard InChI is InChI=1S/C18H14N3.C9H7N2.Ir/c1-21(2)12-7-8-15-16(11-12)13-5-3-4-6-14(13)17-18(15)20-10-9-19-17;1-2-5-9(6-3-1)11-8-4-7-10-11;/h3-7,9-11H,1-2H3;1-5,7-8H;/q2*-1;. The number of fused-ring (bicyclic) bond motifs is 6. The van der Waals surface area contributed by atoms with Crippen LogP contribution in [0.4, 0.5) is 5.69 Å². The Kier molecular flexibility index (Phi) is 6.78. The van der Waals surface area contributed by atoms with Crippen molar-refractivity contribution in [2.45, 2.75) is 0 Å². The van der Waals surface area contributed by atoms with Gasteiger partial charge in [-0.25, -0.2) is 0 Å². The molecule has 1 radical (unpaired) electrons. The van der Waals surface area contributed by atoms with Crippen LogP contribution in [0.3, 0.4) is 0 Å². The summed E-state index contributed by atoms with van der Waals surface area (Å²) >= 11 is 0. The van der Waals surface area contributed by atoms with Gasteiger partial charge in [-0.05, 0) is 36.9 Å². The number of nitrogens with zero attached hydrogens (tertiary/aromatic N) is 5. The molecule has 0 aliphatic rings. The average Bonchev–Trinajstić information content (AvgIpc) is 3.40. The minimum atomic E-state index is 0. The molecule has 6 heteroatoms. The van der Waals surface area contributed by atoms with Gasteiger partial charge in [-0.3, -0.25) is 9.67 Å². The second kappa shape index (κ2) is 9.90. The first-order valence-electron chi connectivity index (χ1n) is 10.3. The number of hydrogen-bond donors (Lipinski definition) is 0. The molecule has 0 unspecified atom stereocenters. The van der Waals surface area contributed by atoms with Crippen molar-refractivity contribution < 1.29 is 20.1 Å². The van der Waals surface area contributed by atoms with Gasteiger partial charge in [0.25, 0.3) is 0 Å². The van der Waals surface area contributed by atoms with Crippen molar-refractivity contribution >= 4 is 38.3 Å². The van der Waals surface area contributed by atoms with E-state index in [1.54, 1.807) is 23.3 Å². The molecule has 0 saturated carbocycles. The number of rotatable bonds is 2.